The molecule has 2 aromatic carbocycles. The van der Waals surface area contributed by atoms with Gasteiger partial charge in [0, 0.05) is 6.04 Å². The zero-order valence-electron chi connectivity index (χ0n) is 15.3. The smallest absolute Gasteiger partial charge is 0.232 e. The molecule has 1 saturated carbocycles. The predicted octanol–water partition coefficient (Wildman–Crippen LogP) is 3.94. The lowest BCUT2D eigenvalue weighted by Crippen LogP contribution is -2.50. The number of hydrogen-bond donors (Lipinski definition) is 2. The van der Waals surface area contributed by atoms with Crippen molar-refractivity contribution in [2.24, 2.45) is 0 Å². The number of nitrogens with one attached hydrogen (secondary N) is 2. The summed E-state index contributed by atoms with van der Waals surface area (Å²) in [6.45, 7) is 0.505. The Hall–Kier alpha value is -2.60. The number of hydrogen-bond acceptors (Lipinski definition) is 3. The molecule has 3 rings (SSSR count). The van der Waals surface area contributed by atoms with Gasteiger partial charge in [-0.15, -0.1) is 0 Å². The molecule has 0 bridgehead atoms. The maximum absolute atomic E-state index is 11.5. The molecule has 0 radical (unpaired) electrons. The minimum absolute atomic E-state index is 0.390. The predicted molar refractivity (Wildman–Crippen MR) is 112 cm³/mol. The Balaban J connectivity index is 1.52. The van der Waals surface area contributed by atoms with Crippen LogP contribution in [0.1, 0.15) is 37.7 Å². The molecule has 1 amide bonds. The van der Waals surface area contributed by atoms with Crippen molar-refractivity contribution in [1.82, 2.24) is 10.7 Å². The average Bonchev–Trinajstić information content (AvgIpc) is 2.72. The van der Waals surface area contributed by atoms with Gasteiger partial charge in [-0.05, 0) is 54.9 Å². The highest BCUT2D eigenvalue weighted by Crippen LogP contribution is 2.19. The van der Waals surface area contributed by atoms with E-state index in [0.717, 1.165) is 24.2 Å². The van der Waals surface area contributed by atoms with E-state index < -0.39 is 0 Å². The Labute approximate surface area is 165 Å². The van der Waals surface area contributed by atoms with E-state index in [4.69, 9.17) is 17.0 Å². The fraction of sp³-hybridized carbons (Fsp3) is 0.333. The van der Waals surface area contributed by atoms with E-state index in [-0.39, 0.29) is 0 Å². The van der Waals surface area contributed by atoms with Gasteiger partial charge in [0.25, 0.3) is 0 Å². The van der Waals surface area contributed by atoms with E-state index >= 15 is 0 Å². The number of anilines is 1. The molecule has 2 aromatic rings. The van der Waals surface area contributed by atoms with Gasteiger partial charge >= 0.3 is 0 Å². The second kappa shape index (κ2) is 9.92. The molecule has 6 heteroatoms. The summed E-state index contributed by atoms with van der Waals surface area (Å²) < 4.78 is 5.78. The van der Waals surface area contributed by atoms with Crippen LogP contribution in [0.2, 0.25) is 0 Å². The largest absolute Gasteiger partial charge is 0.489 e. The number of ether oxygens (including phenoxy) is 1. The summed E-state index contributed by atoms with van der Waals surface area (Å²) in [6.07, 6.45) is 6.70. The van der Waals surface area contributed by atoms with Crippen LogP contribution in [-0.2, 0) is 11.4 Å². The van der Waals surface area contributed by atoms with Gasteiger partial charge in [0.05, 0.1) is 5.69 Å². The molecule has 0 unspecified atom stereocenters. The maximum atomic E-state index is 11.5. The summed E-state index contributed by atoms with van der Waals surface area (Å²) in [5.74, 6) is 0.747. The summed E-state index contributed by atoms with van der Waals surface area (Å²) in [5.41, 5.74) is 4.76. The van der Waals surface area contributed by atoms with Gasteiger partial charge in [-0.1, -0.05) is 49.6 Å². The van der Waals surface area contributed by atoms with Gasteiger partial charge in [0.1, 0.15) is 12.4 Å². The summed E-state index contributed by atoms with van der Waals surface area (Å²) >= 11 is 5.35. The number of rotatable bonds is 7. The third kappa shape index (κ3) is 5.96. The van der Waals surface area contributed by atoms with Crippen molar-refractivity contribution in [1.29, 1.82) is 0 Å². The highest BCUT2D eigenvalue weighted by atomic mass is 32.1. The lowest BCUT2D eigenvalue weighted by molar-refractivity contribution is -0.107. The number of carbonyl (C=O) groups excluding carboxylic acids is 1. The summed E-state index contributed by atoms with van der Waals surface area (Å²) in [5, 5.41) is 5.14. The first-order valence-corrected chi connectivity index (χ1v) is 9.74. The minimum atomic E-state index is 0.390. The highest BCUT2D eigenvalue weighted by Gasteiger charge is 2.15. The zero-order chi connectivity index (χ0) is 18.9. The monoisotopic (exact) mass is 383 g/mol. The first-order valence-electron chi connectivity index (χ1n) is 9.33. The lowest BCUT2D eigenvalue weighted by atomic mass is 9.96. The standard InChI is InChI=1S/C21H25N3O2S/c25-16-24(23-21(27)22-18-9-5-2-6-10-18)19-11-13-20(14-12-19)26-15-17-7-3-1-4-8-17/h1,3-4,7-8,11-14,16,18H,2,5-6,9-10,15H2,(H2,22,23,27). The van der Waals surface area contributed by atoms with E-state index in [2.05, 4.69) is 10.7 Å². The maximum Gasteiger partial charge on any atom is 0.232 e. The Kier molecular flexibility index (Phi) is 7.04. The second-order valence-electron chi connectivity index (χ2n) is 6.66. The van der Waals surface area contributed by atoms with Crippen molar-refractivity contribution in [3.05, 3.63) is 60.2 Å². The molecular weight excluding hydrogens is 358 g/mol. The molecule has 2 N–H and O–H groups in total. The van der Waals surface area contributed by atoms with Crippen molar-refractivity contribution in [3.8, 4) is 5.75 Å². The quantitative estimate of drug-likeness (QED) is 0.431. The van der Waals surface area contributed by atoms with Crippen molar-refractivity contribution in [2.45, 2.75) is 44.8 Å². The van der Waals surface area contributed by atoms with Crippen LogP contribution in [0, 0.1) is 0 Å². The van der Waals surface area contributed by atoms with Crippen LogP contribution in [0.4, 0.5) is 5.69 Å². The zero-order valence-corrected chi connectivity index (χ0v) is 16.1. The van der Waals surface area contributed by atoms with Crippen LogP contribution in [0.25, 0.3) is 0 Å². The number of carbonyl (C=O) groups is 1. The molecule has 5 nitrogen and oxygen atoms in total. The second-order valence-corrected chi connectivity index (χ2v) is 7.07. The normalized spacial score (nSPS) is 14.2. The van der Waals surface area contributed by atoms with Crippen LogP contribution >= 0.6 is 12.2 Å². The number of thiocarbonyl (C=S) groups is 1. The molecule has 1 fully saturated rings. The number of nitrogens with zero attached hydrogens (tertiary/aromatic N) is 1. The highest BCUT2D eigenvalue weighted by molar-refractivity contribution is 7.80. The third-order valence-electron chi connectivity index (χ3n) is 4.63. The van der Waals surface area contributed by atoms with E-state index in [0.29, 0.717) is 29.9 Å². The molecule has 0 aromatic heterocycles. The minimum Gasteiger partial charge on any atom is -0.489 e. The summed E-state index contributed by atoms with van der Waals surface area (Å²) in [4.78, 5) is 11.5. The summed E-state index contributed by atoms with van der Waals surface area (Å²) in [7, 11) is 0. The molecule has 27 heavy (non-hydrogen) atoms. The van der Waals surface area contributed by atoms with Gasteiger partial charge in [-0.2, -0.15) is 0 Å². The van der Waals surface area contributed by atoms with Crippen molar-refractivity contribution < 1.29 is 9.53 Å². The molecule has 0 aliphatic heterocycles. The van der Waals surface area contributed by atoms with Crippen molar-refractivity contribution in [3.63, 3.8) is 0 Å². The fourth-order valence-corrected chi connectivity index (χ4v) is 3.43. The average molecular weight is 384 g/mol. The van der Waals surface area contributed by atoms with Gasteiger partial charge in [0.2, 0.25) is 6.41 Å². The Morgan fingerprint density at radius 1 is 1.07 bits per heavy atom. The first-order chi connectivity index (χ1) is 13.2. The van der Waals surface area contributed by atoms with Crippen molar-refractivity contribution in [2.75, 3.05) is 5.01 Å². The molecule has 0 atom stereocenters. The van der Waals surface area contributed by atoms with Gasteiger partial charge in [-0.3, -0.25) is 10.2 Å². The Morgan fingerprint density at radius 3 is 2.44 bits per heavy atom. The SMILES string of the molecule is O=CN(NC(=S)NC1CCCCC1)c1ccc(OCc2ccccc2)cc1. The summed E-state index contributed by atoms with van der Waals surface area (Å²) in [6, 6.07) is 17.7. The van der Waals surface area contributed by atoms with Crippen LogP contribution < -0.4 is 20.5 Å². The van der Waals surface area contributed by atoms with Gasteiger partial charge in [-0.25, -0.2) is 5.01 Å². The molecule has 1 aliphatic rings. The fourth-order valence-electron chi connectivity index (χ4n) is 3.17. The number of hydrazine groups is 1. The lowest BCUT2D eigenvalue weighted by Gasteiger charge is -2.27. The number of amides is 1. The van der Waals surface area contributed by atoms with E-state index in [9.17, 15) is 4.79 Å². The molecule has 0 saturated heterocycles. The number of benzene rings is 2. The van der Waals surface area contributed by atoms with Crippen LogP contribution in [0.5, 0.6) is 5.75 Å². The Morgan fingerprint density at radius 2 is 1.78 bits per heavy atom. The van der Waals surface area contributed by atoms with Crippen LogP contribution in [0.3, 0.4) is 0 Å². The van der Waals surface area contributed by atoms with E-state index in [1.54, 1.807) is 0 Å². The topological polar surface area (TPSA) is 53.6 Å². The van der Waals surface area contributed by atoms with Gasteiger partial charge in [0.15, 0.2) is 5.11 Å². The molecule has 142 valence electrons. The van der Waals surface area contributed by atoms with E-state index in [1.807, 2.05) is 54.6 Å². The van der Waals surface area contributed by atoms with E-state index in [1.165, 1.54) is 24.3 Å². The first kappa shape index (κ1) is 19.2. The van der Waals surface area contributed by atoms with Crippen LogP contribution in [-0.4, -0.2) is 17.6 Å². The third-order valence-corrected chi connectivity index (χ3v) is 4.84. The molecular formula is C21H25N3O2S. The molecule has 0 heterocycles. The van der Waals surface area contributed by atoms with Crippen molar-refractivity contribution >= 4 is 29.4 Å². The van der Waals surface area contributed by atoms with Crippen LogP contribution in [0.15, 0.2) is 54.6 Å². The molecule has 0 spiro atoms. The van der Waals surface area contributed by atoms with Gasteiger partial charge < -0.3 is 10.1 Å². The Bertz CT molecular complexity index is 731. The molecule has 1 aliphatic carbocycles.